The number of rotatable bonds is 7. The number of nitrogens with one attached hydrogen (secondary N) is 1. The summed E-state index contributed by atoms with van der Waals surface area (Å²) < 4.78 is 5.83. The molecule has 112 valence electrons. The fourth-order valence-corrected chi connectivity index (χ4v) is 2.45. The third-order valence-corrected chi connectivity index (χ3v) is 3.48. The molecule has 0 aliphatic carbocycles. The van der Waals surface area contributed by atoms with Crippen molar-refractivity contribution in [2.75, 3.05) is 6.61 Å². The average Bonchev–Trinajstić information content (AvgIpc) is 2.51. The maximum atomic E-state index is 5.83. The van der Waals surface area contributed by atoms with E-state index in [2.05, 4.69) is 49.6 Å². The van der Waals surface area contributed by atoms with Crippen LogP contribution in [-0.2, 0) is 6.42 Å². The SMILES string of the molecule is CCCOc1ccccc1C(Cc1cccc(C)c1)NN. The van der Waals surface area contributed by atoms with E-state index in [1.807, 2.05) is 18.2 Å². The quantitative estimate of drug-likeness (QED) is 0.604. The normalized spacial score (nSPS) is 12.1. The molecule has 2 rings (SSSR count). The monoisotopic (exact) mass is 284 g/mol. The molecule has 0 aromatic heterocycles. The number of para-hydroxylation sites is 1. The van der Waals surface area contributed by atoms with Crippen molar-refractivity contribution >= 4 is 0 Å². The van der Waals surface area contributed by atoms with Gasteiger partial charge in [-0.3, -0.25) is 11.3 Å². The minimum atomic E-state index is 0.0415. The molecule has 0 radical (unpaired) electrons. The van der Waals surface area contributed by atoms with Crippen LogP contribution in [0.3, 0.4) is 0 Å². The van der Waals surface area contributed by atoms with E-state index >= 15 is 0 Å². The summed E-state index contributed by atoms with van der Waals surface area (Å²) in [6.07, 6.45) is 1.83. The summed E-state index contributed by atoms with van der Waals surface area (Å²) in [5.74, 6) is 6.69. The molecule has 21 heavy (non-hydrogen) atoms. The van der Waals surface area contributed by atoms with Gasteiger partial charge in [-0.1, -0.05) is 55.0 Å². The smallest absolute Gasteiger partial charge is 0.124 e. The van der Waals surface area contributed by atoms with E-state index in [0.29, 0.717) is 0 Å². The van der Waals surface area contributed by atoms with E-state index in [0.717, 1.165) is 30.8 Å². The van der Waals surface area contributed by atoms with Gasteiger partial charge in [0.25, 0.3) is 0 Å². The Bertz CT molecular complexity index is 569. The third-order valence-electron chi connectivity index (χ3n) is 3.48. The first kappa shape index (κ1) is 15.5. The Kier molecular flexibility index (Phi) is 5.78. The van der Waals surface area contributed by atoms with Crippen LogP contribution in [0.1, 0.15) is 36.1 Å². The van der Waals surface area contributed by atoms with Gasteiger partial charge in [-0.2, -0.15) is 0 Å². The van der Waals surface area contributed by atoms with Crippen molar-refractivity contribution in [3.63, 3.8) is 0 Å². The molecule has 0 saturated carbocycles. The van der Waals surface area contributed by atoms with Gasteiger partial charge in [0.1, 0.15) is 5.75 Å². The summed E-state index contributed by atoms with van der Waals surface area (Å²) in [6.45, 7) is 4.93. The van der Waals surface area contributed by atoms with Gasteiger partial charge in [0, 0.05) is 5.56 Å². The van der Waals surface area contributed by atoms with E-state index < -0.39 is 0 Å². The van der Waals surface area contributed by atoms with E-state index in [-0.39, 0.29) is 6.04 Å². The average molecular weight is 284 g/mol. The van der Waals surface area contributed by atoms with Crippen molar-refractivity contribution in [1.29, 1.82) is 0 Å². The molecule has 0 heterocycles. The maximum Gasteiger partial charge on any atom is 0.124 e. The van der Waals surface area contributed by atoms with Crippen LogP contribution in [0.2, 0.25) is 0 Å². The van der Waals surface area contributed by atoms with Crippen molar-refractivity contribution in [3.8, 4) is 5.75 Å². The number of hydrogen-bond donors (Lipinski definition) is 2. The second-order valence-electron chi connectivity index (χ2n) is 5.30. The minimum absolute atomic E-state index is 0.0415. The Morgan fingerprint density at radius 2 is 1.95 bits per heavy atom. The Balaban J connectivity index is 2.20. The number of hydrazine groups is 1. The molecule has 2 aromatic rings. The van der Waals surface area contributed by atoms with Crippen LogP contribution in [0.5, 0.6) is 5.75 Å². The zero-order valence-electron chi connectivity index (χ0n) is 12.8. The Labute approximate surface area is 127 Å². The molecule has 2 aromatic carbocycles. The summed E-state index contributed by atoms with van der Waals surface area (Å²) in [5.41, 5.74) is 6.56. The van der Waals surface area contributed by atoms with Crippen molar-refractivity contribution in [2.24, 2.45) is 5.84 Å². The zero-order chi connectivity index (χ0) is 15.1. The number of nitrogens with two attached hydrogens (primary N) is 1. The molecule has 0 spiro atoms. The highest BCUT2D eigenvalue weighted by atomic mass is 16.5. The minimum Gasteiger partial charge on any atom is -0.493 e. The largest absolute Gasteiger partial charge is 0.493 e. The fourth-order valence-electron chi connectivity index (χ4n) is 2.45. The molecule has 3 N–H and O–H groups in total. The highest BCUT2D eigenvalue weighted by molar-refractivity contribution is 5.37. The van der Waals surface area contributed by atoms with Gasteiger partial charge in [-0.15, -0.1) is 0 Å². The third kappa shape index (κ3) is 4.31. The molecule has 0 aliphatic rings. The van der Waals surface area contributed by atoms with Gasteiger partial charge in [0.15, 0.2) is 0 Å². The van der Waals surface area contributed by atoms with E-state index in [4.69, 9.17) is 10.6 Å². The van der Waals surface area contributed by atoms with Crippen LogP contribution in [0, 0.1) is 6.92 Å². The zero-order valence-corrected chi connectivity index (χ0v) is 12.8. The Morgan fingerprint density at radius 3 is 2.67 bits per heavy atom. The lowest BCUT2D eigenvalue weighted by atomic mass is 9.97. The highest BCUT2D eigenvalue weighted by Crippen LogP contribution is 2.27. The molecule has 1 atom stereocenters. The highest BCUT2D eigenvalue weighted by Gasteiger charge is 2.15. The molecule has 0 bridgehead atoms. The lowest BCUT2D eigenvalue weighted by Gasteiger charge is -2.20. The van der Waals surface area contributed by atoms with Crippen LogP contribution >= 0.6 is 0 Å². The van der Waals surface area contributed by atoms with E-state index in [1.54, 1.807) is 0 Å². The second-order valence-corrected chi connectivity index (χ2v) is 5.30. The van der Waals surface area contributed by atoms with Gasteiger partial charge >= 0.3 is 0 Å². The molecule has 1 unspecified atom stereocenters. The van der Waals surface area contributed by atoms with Crippen molar-refractivity contribution in [1.82, 2.24) is 5.43 Å². The molecule has 3 heteroatoms. The van der Waals surface area contributed by atoms with Gasteiger partial charge in [-0.25, -0.2) is 0 Å². The molecule has 0 saturated heterocycles. The number of benzene rings is 2. The molecule has 0 fully saturated rings. The van der Waals surface area contributed by atoms with Crippen molar-refractivity contribution in [2.45, 2.75) is 32.7 Å². The van der Waals surface area contributed by atoms with E-state index in [9.17, 15) is 0 Å². The Hall–Kier alpha value is -1.84. The summed E-state index contributed by atoms with van der Waals surface area (Å²) in [4.78, 5) is 0. The predicted octanol–water partition coefficient (Wildman–Crippen LogP) is 3.53. The summed E-state index contributed by atoms with van der Waals surface area (Å²) >= 11 is 0. The second kappa shape index (κ2) is 7.81. The number of aryl methyl sites for hydroxylation is 1. The lowest BCUT2D eigenvalue weighted by molar-refractivity contribution is 0.310. The van der Waals surface area contributed by atoms with Crippen molar-refractivity contribution < 1.29 is 4.74 Å². The van der Waals surface area contributed by atoms with Gasteiger partial charge in [0.05, 0.1) is 12.6 Å². The molecule has 0 amide bonds. The first-order valence-corrected chi connectivity index (χ1v) is 7.48. The van der Waals surface area contributed by atoms with Gasteiger partial charge in [-0.05, 0) is 31.4 Å². The van der Waals surface area contributed by atoms with Crippen LogP contribution in [0.25, 0.3) is 0 Å². The van der Waals surface area contributed by atoms with Crippen molar-refractivity contribution in [3.05, 3.63) is 65.2 Å². The van der Waals surface area contributed by atoms with Crippen LogP contribution < -0.4 is 16.0 Å². The standard InChI is InChI=1S/C18H24N2O/c1-3-11-21-18-10-5-4-9-16(18)17(20-19)13-15-8-6-7-14(2)12-15/h4-10,12,17,20H,3,11,13,19H2,1-2H3. The molecular formula is C18H24N2O. The van der Waals surface area contributed by atoms with Gasteiger partial charge in [0.2, 0.25) is 0 Å². The van der Waals surface area contributed by atoms with Crippen LogP contribution in [0.15, 0.2) is 48.5 Å². The van der Waals surface area contributed by atoms with Crippen LogP contribution in [0.4, 0.5) is 0 Å². The molecular weight excluding hydrogens is 260 g/mol. The fraction of sp³-hybridized carbons (Fsp3) is 0.333. The van der Waals surface area contributed by atoms with Crippen LogP contribution in [-0.4, -0.2) is 6.61 Å². The number of ether oxygens (including phenoxy) is 1. The van der Waals surface area contributed by atoms with E-state index in [1.165, 1.54) is 11.1 Å². The first-order valence-electron chi connectivity index (χ1n) is 7.48. The topological polar surface area (TPSA) is 47.3 Å². The molecule has 3 nitrogen and oxygen atoms in total. The lowest BCUT2D eigenvalue weighted by Crippen LogP contribution is -2.30. The summed E-state index contributed by atoms with van der Waals surface area (Å²) in [5, 5.41) is 0. The summed E-state index contributed by atoms with van der Waals surface area (Å²) in [7, 11) is 0. The van der Waals surface area contributed by atoms with Gasteiger partial charge < -0.3 is 4.74 Å². The number of hydrogen-bond acceptors (Lipinski definition) is 3. The summed E-state index contributed by atoms with van der Waals surface area (Å²) in [6, 6.07) is 16.7. The molecule has 0 aliphatic heterocycles. The maximum absolute atomic E-state index is 5.83. The predicted molar refractivity (Wildman–Crippen MR) is 87.2 cm³/mol. The first-order chi connectivity index (χ1) is 10.2. The Morgan fingerprint density at radius 1 is 1.14 bits per heavy atom.